The maximum absolute atomic E-state index is 3.88. The van der Waals surface area contributed by atoms with E-state index in [1.165, 1.54) is 50.8 Å². The van der Waals surface area contributed by atoms with Crippen molar-refractivity contribution >= 4 is 0 Å². The van der Waals surface area contributed by atoms with Crippen molar-refractivity contribution in [3.63, 3.8) is 0 Å². The van der Waals surface area contributed by atoms with E-state index >= 15 is 0 Å². The van der Waals surface area contributed by atoms with Crippen molar-refractivity contribution < 1.29 is 0 Å². The highest BCUT2D eigenvalue weighted by atomic mass is 15.2. The SMILES string of the molecule is CC(C)=CCN1CC(C2CCCCC2)NCC1C(C)C. The van der Waals surface area contributed by atoms with Crippen LogP contribution in [0.15, 0.2) is 11.6 Å². The number of piperazine rings is 1. The Kier molecular flexibility index (Phi) is 6.10. The summed E-state index contributed by atoms with van der Waals surface area (Å²) in [5, 5.41) is 3.88. The third kappa shape index (κ3) is 4.33. The minimum Gasteiger partial charge on any atom is -0.311 e. The first-order valence-electron chi connectivity index (χ1n) is 8.68. The van der Waals surface area contributed by atoms with Crippen LogP contribution in [0.2, 0.25) is 0 Å². The van der Waals surface area contributed by atoms with E-state index in [1.54, 1.807) is 0 Å². The van der Waals surface area contributed by atoms with Gasteiger partial charge in [-0.15, -0.1) is 0 Å². The molecule has 20 heavy (non-hydrogen) atoms. The Bertz CT molecular complexity index is 311. The molecule has 1 aliphatic heterocycles. The van der Waals surface area contributed by atoms with Crippen LogP contribution in [-0.4, -0.2) is 36.6 Å². The number of hydrogen-bond acceptors (Lipinski definition) is 2. The van der Waals surface area contributed by atoms with Crippen LogP contribution in [0, 0.1) is 11.8 Å². The molecule has 0 bridgehead atoms. The van der Waals surface area contributed by atoms with Crippen molar-refractivity contribution in [3.05, 3.63) is 11.6 Å². The number of allylic oxidation sites excluding steroid dienone is 1. The van der Waals surface area contributed by atoms with Crippen molar-refractivity contribution in [2.24, 2.45) is 11.8 Å². The zero-order valence-corrected chi connectivity index (χ0v) is 14.0. The first-order valence-corrected chi connectivity index (χ1v) is 8.68. The van der Waals surface area contributed by atoms with Crippen molar-refractivity contribution in [3.8, 4) is 0 Å². The van der Waals surface area contributed by atoms with E-state index in [2.05, 4.69) is 44.0 Å². The second-order valence-electron chi connectivity index (χ2n) is 7.46. The molecule has 1 heterocycles. The molecular formula is C18H34N2. The van der Waals surface area contributed by atoms with Crippen molar-refractivity contribution in [1.29, 1.82) is 0 Å². The number of hydrogen-bond donors (Lipinski definition) is 1. The zero-order valence-electron chi connectivity index (χ0n) is 14.0. The highest BCUT2D eigenvalue weighted by Gasteiger charge is 2.33. The third-order valence-electron chi connectivity index (χ3n) is 5.21. The standard InChI is InChI=1S/C18H34N2/c1-14(2)10-11-20-13-17(16-8-6-5-7-9-16)19-12-18(20)15(3)4/h10,15-19H,5-9,11-13H2,1-4H3. The van der Waals surface area contributed by atoms with Crippen molar-refractivity contribution in [1.82, 2.24) is 10.2 Å². The van der Waals surface area contributed by atoms with Gasteiger partial charge in [-0.2, -0.15) is 0 Å². The smallest absolute Gasteiger partial charge is 0.0247 e. The van der Waals surface area contributed by atoms with Crippen LogP contribution in [0.25, 0.3) is 0 Å². The fraction of sp³-hybridized carbons (Fsp3) is 0.889. The van der Waals surface area contributed by atoms with E-state index in [9.17, 15) is 0 Å². The molecule has 2 rings (SSSR count). The average Bonchev–Trinajstić information content (AvgIpc) is 2.45. The van der Waals surface area contributed by atoms with Crippen molar-refractivity contribution in [2.45, 2.75) is 71.9 Å². The molecular weight excluding hydrogens is 244 g/mol. The second kappa shape index (κ2) is 7.61. The number of nitrogens with zero attached hydrogens (tertiary/aromatic N) is 1. The van der Waals surface area contributed by atoms with Gasteiger partial charge in [-0.05, 0) is 38.5 Å². The molecule has 0 amide bonds. The van der Waals surface area contributed by atoms with Gasteiger partial charge in [0.15, 0.2) is 0 Å². The average molecular weight is 278 g/mol. The lowest BCUT2D eigenvalue weighted by Crippen LogP contribution is -2.60. The van der Waals surface area contributed by atoms with Gasteiger partial charge in [0.2, 0.25) is 0 Å². The Balaban J connectivity index is 1.97. The van der Waals surface area contributed by atoms with Crippen LogP contribution in [0.4, 0.5) is 0 Å². The summed E-state index contributed by atoms with van der Waals surface area (Å²) in [6.45, 7) is 12.7. The lowest BCUT2D eigenvalue weighted by atomic mass is 9.82. The van der Waals surface area contributed by atoms with Gasteiger partial charge in [-0.1, -0.05) is 44.8 Å². The maximum atomic E-state index is 3.88. The molecule has 116 valence electrons. The summed E-state index contributed by atoms with van der Waals surface area (Å²) in [5.41, 5.74) is 1.44. The second-order valence-corrected chi connectivity index (χ2v) is 7.46. The lowest BCUT2D eigenvalue weighted by molar-refractivity contribution is 0.0822. The first kappa shape index (κ1) is 16.0. The molecule has 2 unspecified atom stereocenters. The summed E-state index contributed by atoms with van der Waals surface area (Å²) < 4.78 is 0. The molecule has 0 aromatic rings. The van der Waals surface area contributed by atoms with E-state index in [1.807, 2.05) is 0 Å². The monoisotopic (exact) mass is 278 g/mol. The largest absolute Gasteiger partial charge is 0.311 e. The van der Waals surface area contributed by atoms with Crippen LogP contribution < -0.4 is 5.32 Å². The van der Waals surface area contributed by atoms with E-state index in [-0.39, 0.29) is 0 Å². The quantitative estimate of drug-likeness (QED) is 0.786. The predicted octanol–water partition coefficient (Wildman–Crippen LogP) is 3.83. The highest BCUT2D eigenvalue weighted by molar-refractivity contribution is 4.99. The van der Waals surface area contributed by atoms with Gasteiger partial charge in [-0.25, -0.2) is 0 Å². The molecule has 0 aromatic heterocycles. The zero-order chi connectivity index (χ0) is 14.5. The van der Waals surface area contributed by atoms with Gasteiger partial charge >= 0.3 is 0 Å². The van der Waals surface area contributed by atoms with Crippen LogP contribution in [-0.2, 0) is 0 Å². The molecule has 2 atom stereocenters. The van der Waals surface area contributed by atoms with Gasteiger partial charge < -0.3 is 5.32 Å². The Hall–Kier alpha value is -0.340. The lowest BCUT2D eigenvalue weighted by Gasteiger charge is -2.45. The van der Waals surface area contributed by atoms with Gasteiger partial charge in [-0.3, -0.25) is 4.90 Å². The van der Waals surface area contributed by atoms with Gasteiger partial charge in [0, 0.05) is 31.7 Å². The molecule has 0 spiro atoms. The molecule has 1 saturated carbocycles. The van der Waals surface area contributed by atoms with Gasteiger partial charge in [0.1, 0.15) is 0 Å². The summed E-state index contributed by atoms with van der Waals surface area (Å²) in [5.74, 6) is 1.66. The molecule has 1 saturated heterocycles. The van der Waals surface area contributed by atoms with E-state index in [4.69, 9.17) is 0 Å². The van der Waals surface area contributed by atoms with E-state index in [0.29, 0.717) is 6.04 Å². The normalized spacial score (nSPS) is 29.6. The van der Waals surface area contributed by atoms with Crippen LogP contribution in [0.3, 0.4) is 0 Å². The Morgan fingerprint density at radius 2 is 1.90 bits per heavy atom. The molecule has 2 nitrogen and oxygen atoms in total. The number of nitrogens with one attached hydrogen (secondary N) is 1. The molecule has 0 radical (unpaired) electrons. The summed E-state index contributed by atoms with van der Waals surface area (Å²) in [4.78, 5) is 2.73. The summed E-state index contributed by atoms with van der Waals surface area (Å²) in [6, 6.07) is 1.43. The predicted molar refractivity (Wildman–Crippen MR) is 88.0 cm³/mol. The Labute approximate surface area is 126 Å². The fourth-order valence-electron chi connectivity index (χ4n) is 3.87. The minimum atomic E-state index is 0.699. The fourth-order valence-corrected chi connectivity index (χ4v) is 3.87. The molecule has 1 aliphatic carbocycles. The topological polar surface area (TPSA) is 15.3 Å². The molecule has 1 N–H and O–H groups in total. The van der Waals surface area contributed by atoms with Crippen LogP contribution >= 0.6 is 0 Å². The van der Waals surface area contributed by atoms with Gasteiger partial charge in [0.05, 0.1) is 0 Å². The highest BCUT2D eigenvalue weighted by Crippen LogP contribution is 2.29. The minimum absolute atomic E-state index is 0.699. The molecule has 2 aliphatic rings. The third-order valence-corrected chi connectivity index (χ3v) is 5.21. The van der Waals surface area contributed by atoms with Gasteiger partial charge in [0.25, 0.3) is 0 Å². The first-order chi connectivity index (χ1) is 9.58. The summed E-state index contributed by atoms with van der Waals surface area (Å²) >= 11 is 0. The Morgan fingerprint density at radius 3 is 2.50 bits per heavy atom. The van der Waals surface area contributed by atoms with Crippen LogP contribution in [0.1, 0.15) is 59.8 Å². The van der Waals surface area contributed by atoms with Crippen LogP contribution in [0.5, 0.6) is 0 Å². The summed E-state index contributed by atoms with van der Waals surface area (Å²) in [7, 11) is 0. The van der Waals surface area contributed by atoms with E-state index < -0.39 is 0 Å². The summed E-state index contributed by atoms with van der Waals surface area (Å²) in [6.07, 6.45) is 9.65. The molecule has 2 fully saturated rings. The number of rotatable bonds is 4. The van der Waals surface area contributed by atoms with E-state index in [0.717, 1.165) is 24.4 Å². The van der Waals surface area contributed by atoms with Crippen molar-refractivity contribution in [2.75, 3.05) is 19.6 Å². The maximum Gasteiger partial charge on any atom is 0.0247 e. The molecule has 0 aromatic carbocycles. The Morgan fingerprint density at radius 1 is 1.20 bits per heavy atom. The molecule has 2 heteroatoms.